The fraction of sp³-hybridized carbons (Fsp3) is 0.462. The predicted molar refractivity (Wildman–Crippen MR) is 75.2 cm³/mol. The number of anilines is 1. The number of hydrogen-bond acceptors (Lipinski definition) is 3. The highest BCUT2D eigenvalue weighted by Gasteiger charge is 2.10. The third kappa shape index (κ3) is 4.94. The second-order valence-electron chi connectivity index (χ2n) is 4.37. The predicted octanol–water partition coefficient (Wildman–Crippen LogP) is 2.01. The van der Waals surface area contributed by atoms with E-state index in [1.807, 2.05) is 11.0 Å². The van der Waals surface area contributed by atoms with Gasteiger partial charge in [-0.3, -0.25) is 9.69 Å². The average Bonchev–Trinajstić information content (AvgIpc) is 2.30. The molecule has 0 saturated heterocycles. The van der Waals surface area contributed by atoms with Crippen LogP contribution in [-0.4, -0.2) is 23.9 Å². The first-order chi connectivity index (χ1) is 8.52. The van der Waals surface area contributed by atoms with Crippen molar-refractivity contribution in [3.05, 3.63) is 28.8 Å². The molecule has 0 aliphatic rings. The molecule has 0 saturated carbocycles. The van der Waals surface area contributed by atoms with E-state index in [-0.39, 0.29) is 12.5 Å². The standard InChI is InChI=1S/C13H20ClN3O/c1-2-3-6-17(9-13(16)18)8-10-7-11(14)4-5-12(10)15/h4-5,7H,2-3,6,8-9,15H2,1H3,(H2,16,18). The van der Waals surface area contributed by atoms with Crippen LogP contribution in [0.3, 0.4) is 0 Å². The summed E-state index contributed by atoms with van der Waals surface area (Å²) in [5.41, 5.74) is 12.8. The summed E-state index contributed by atoms with van der Waals surface area (Å²) in [6.07, 6.45) is 2.09. The van der Waals surface area contributed by atoms with Crippen molar-refractivity contribution < 1.29 is 4.79 Å². The van der Waals surface area contributed by atoms with Crippen molar-refractivity contribution in [2.45, 2.75) is 26.3 Å². The number of nitrogens with two attached hydrogens (primary N) is 2. The minimum absolute atomic E-state index is 0.242. The molecular formula is C13H20ClN3O. The number of halogens is 1. The van der Waals surface area contributed by atoms with Gasteiger partial charge < -0.3 is 11.5 Å². The minimum Gasteiger partial charge on any atom is -0.398 e. The van der Waals surface area contributed by atoms with Crippen LogP contribution in [-0.2, 0) is 11.3 Å². The zero-order valence-corrected chi connectivity index (χ0v) is 11.4. The van der Waals surface area contributed by atoms with Crippen molar-refractivity contribution in [3.63, 3.8) is 0 Å². The first-order valence-electron chi connectivity index (χ1n) is 6.07. The van der Waals surface area contributed by atoms with Crippen molar-refractivity contribution in [2.75, 3.05) is 18.8 Å². The second-order valence-corrected chi connectivity index (χ2v) is 4.81. The summed E-state index contributed by atoms with van der Waals surface area (Å²) in [4.78, 5) is 13.0. The number of carbonyl (C=O) groups is 1. The van der Waals surface area contributed by atoms with E-state index in [1.165, 1.54) is 0 Å². The number of nitrogen functional groups attached to an aromatic ring is 1. The average molecular weight is 270 g/mol. The lowest BCUT2D eigenvalue weighted by molar-refractivity contribution is -0.119. The number of unbranched alkanes of at least 4 members (excludes halogenated alkanes) is 1. The second kappa shape index (κ2) is 7.24. The molecule has 0 spiro atoms. The van der Waals surface area contributed by atoms with E-state index in [0.717, 1.165) is 24.9 Å². The highest BCUT2D eigenvalue weighted by atomic mass is 35.5. The van der Waals surface area contributed by atoms with Crippen LogP contribution in [0.4, 0.5) is 5.69 Å². The van der Waals surface area contributed by atoms with Crippen LogP contribution in [0.25, 0.3) is 0 Å². The van der Waals surface area contributed by atoms with Crippen molar-refractivity contribution in [1.82, 2.24) is 4.90 Å². The van der Waals surface area contributed by atoms with Gasteiger partial charge in [-0.15, -0.1) is 0 Å². The van der Waals surface area contributed by atoms with Crippen molar-refractivity contribution in [1.29, 1.82) is 0 Å². The van der Waals surface area contributed by atoms with Crippen LogP contribution in [0.15, 0.2) is 18.2 Å². The van der Waals surface area contributed by atoms with Gasteiger partial charge in [-0.2, -0.15) is 0 Å². The van der Waals surface area contributed by atoms with Crippen LogP contribution < -0.4 is 11.5 Å². The molecule has 0 fully saturated rings. The van der Waals surface area contributed by atoms with Gasteiger partial charge in [0.25, 0.3) is 0 Å². The van der Waals surface area contributed by atoms with Gasteiger partial charge in [0.05, 0.1) is 6.54 Å². The Bertz CT molecular complexity index is 409. The lowest BCUT2D eigenvalue weighted by Gasteiger charge is -2.21. The fourth-order valence-corrected chi connectivity index (χ4v) is 1.96. The molecule has 0 unspecified atom stereocenters. The van der Waals surface area contributed by atoms with E-state index in [1.54, 1.807) is 12.1 Å². The Kier molecular flexibility index (Phi) is 5.95. The van der Waals surface area contributed by atoms with Crippen molar-refractivity contribution in [3.8, 4) is 0 Å². The molecule has 0 aliphatic carbocycles. The summed E-state index contributed by atoms with van der Waals surface area (Å²) >= 11 is 5.94. The van der Waals surface area contributed by atoms with Crippen LogP contribution in [0.5, 0.6) is 0 Å². The highest BCUT2D eigenvalue weighted by molar-refractivity contribution is 6.30. The van der Waals surface area contributed by atoms with Gasteiger partial charge in [-0.25, -0.2) is 0 Å². The first-order valence-corrected chi connectivity index (χ1v) is 6.45. The van der Waals surface area contributed by atoms with Gasteiger partial charge in [0, 0.05) is 17.3 Å². The molecule has 1 aromatic rings. The Morgan fingerprint density at radius 2 is 2.17 bits per heavy atom. The molecule has 4 N–H and O–H groups in total. The Labute approximate surface area is 113 Å². The van der Waals surface area contributed by atoms with Crippen LogP contribution in [0.1, 0.15) is 25.3 Å². The smallest absolute Gasteiger partial charge is 0.231 e. The molecular weight excluding hydrogens is 250 g/mol. The molecule has 0 radical (unpaired) electrons. The summed E-state index contributed by atoms with van der Waals surface area (Å²) < 4.78 is 0. The third-order valence-corrected chi connectivity index (χ3v) is 2.94. The van der Waals surface area contributed by atoms with E-state index < -0.39 is 0 Å². The van der Waals surface area contributed by atoms with Gasteiger partial charge in [-0.1, -0.05) is 24.9 Å². The van der Waals surface area contributed by atoms with Crippen molar-refractivity contribution >= 4 is 23.2 Å². The number of hydrogen-bond donors (Lipinski definition) is 2. The number of amides is 1. The van der Waals surface area contributed by atoms with Gasteiger partial charge >= 0.3 is 0 Å². The Morgan fingerprint density at radius 1 is 1.44 bits per heavy atom. The third-order valence-electron chi connectivity index (χ3n) is 2.71. The molecule has 18 heavy (non-hydrogen) atoms. The molecule has 4 nitrogen and oxygen atoms in total. The van der Waals surface area contributed by atoms with Gasteiger partial charge in [0.1, 0.15) is 0 Å². The number of nitrogens with zero attached hydrogens (tertiary/aromatic N) is 1. The van der Waals surface area contributed by atoms with Crippen LogP contribution >= 0.6 is 11.6 Å². The Hall–Kier alpha value is -1.26. The normalized spacial score (nSPS) is 10.8. The number of rotatable bonds is 7. The van der Waals surface area contributed by atoms with Gasteiger partial charge in [0.15, 0.2) is 0 Å². The number of carbonyl (C=O) groups excluding carboxylic acids is 1. The van der Waals surface area contributed by atoms with E-state index >= 15 is 0 Å². The zero-order chi connectivity index (χ0) is 13.5. The van der Waals surface area contributed by atoms with Gasteiger partial charge in [0.2, 0.25) is 5.91 Å². The molecule has 0 atom stereocenters. The van der Waals surface area contributed by atoms with Crippen LogP contribution in [0.2, 0.25) is 5.02 Å². The number of primary amides is 1. The molecule has 1 aromatic carbocycles. The Morgan fingerprint density at radius 3 is 2.78 bits per heavy atom. The summed E-state index contributed by atoms with van der Waals surface area (Å²) in [7, 11) is 0. The van der Waals surface area contributed by atoms with Gasteiger partial charge in [-0.05, 0) is 36.7 Å². The molecule has 0 bridgehead atoms. The zero-order valence-electron chi connectivity index (χ0n) is 10.7. The minimum atomic E-state index is -0.327. The molecule has 0 aromatic heterocycles. The monoisotopic (exact) mass is 269 g/mol. The summed E-state index contributed by atoms with van der Waals surface area (Å²) in [6.45, 7) is 3.77. The fourth-order valence-electron chi connectivity index (χ4n) is 1.77. The van der Waals surface area contributed by atoms with E-state index in [0.29, 0.717) is 17.3 Å². The maximum Gasteiger partial charge on any atom is 0.231 e. The largest absolute Gasteiger partial charge is 0.398 e. The SMILES string of the molecule is CCCCN(CC(N)=O)Cc1cc(Cl)ccc1N. The van der Waals surface area contributed by atoms with E-state index in [2.05, 4.69) is 6.92 Å². The molecule has 1 rings (SSSR count). The molecule has 5 heteroatoms. The topological polar surface area (TPSA) is 72.3 Å². The summed E-state index contributed by atoms with van der Waals surface area (Å²) in [6, 6.07) is 5.36. The molecule has 0 heterocycles. The maximum atomic E-state index is 11.0. The molecule has 0 aliphatic heterocycles. The molecule has 1 amide bonds. The van der Waals surface area contributed by atoms with Crippen LogP contribution in [0, 0.1) is 0 Å². The summed E-state index contributed by atoms with van der Waals surface area (Å²) in [5.74, 6) is -0.327. The Balaban J connectivity index is 2.74. The lowest BCUT2D eigenvalue weighted by Crippen LogP contribution is -2.34. The quantitative estimate of drug-likeness (QED) is 0.744. The maximum absolute atomic E-state index is 11.0. The van der Waals surface area contributed by atoms with Crippen molar-refractivity contribution in [2.24, 2.45) is 5.73 Å². The highest BCUT2D eigenvalue weighted by Crippen LogP contribution is 2.19. The van der Waals surface area contributed by atoms with E-state index in [4.69, 9.17) is 23.1 Å². The van der Waals surface area contributed by atoms with E-state index in [9.17, 15) is 4.79 Å². The number of benzene rings is 1. The molecule has 100 valence electrons. The first kappa shape index (κ1) is 14.8. The lowest BCUT2D eigenvalue weighted by atomic mass is 10.1. The summed E-state index contributed by atoms with van der Waals surface area (Å²) in [5, 5.41) is 0.647.